The van der Waals surface area contributed by atoms with Gasteiger partial charge in [0.2, 0.25) is 0 Å². The van der Waals surface area contributed by atoms with Gasteiger partial charge >= 0.3 is 6.09 Å². The number of anilines is 1. The molecule has 0 radical (unpaired) electrons. The second-order valence-corrected chi connectivity index (χ2v) is 4.77. The van der Waals surface area contributed by atoms with Crippen molar-refractivity contribution in [3.05, 3.63) is 28.8 Å². The zero-order valence-corrected chi connectivity index (χ0v) is 11.3. The number of benzene rings is 1. The summed E-state index contributed by atoms with van der Waals surface area (Å²) < 4.78 is 4.57. The van der Waals surface area contributed by atoms with Crippen molar-refractivity contribution in [3.63, 3.8) is 0 Å². The van der Waals surface area contributed by atoms with Crippen molar-refractivity contribution in [2.45, 2.75) is 12.5 Å². The number of aldehydes is 1. The minimum Gasteiger partial charge on any atom is -0.453 e. The van der Waals surface area contributed by atoms with Crippen molar-refractivity contribution in [1.29, 1.82) is 0 Å². The lowest BCUT2D eigenvalue weighted by molar-refractivity contribution is 0.112. The highest BCUT2D eigenvalue weighted by atomic mass is 35.5. The normalized spacial score (nSPS) is 18.2. The average molecular weight is 283 g/mol. The van der Waals surface area contributed by atoms with E-state index in [1.807, 2.05) is 17.0 Å². The Hall–Kier alpha value is -1.75. The Morgan fingerprint density at radius 1 is 1.58 bits per heavy atom. The Labute approximate surface area is 116 Å². The van der Waals surface area contributed by atoms with E-state index >= 15 is 0 Å². The number of rotatable bonds is 3. The van der Waals surface area contributed by atoms with Gasteiger partial charge in [-0.1, -0.05) is 17.7 Å². The van der Waals surface area contributed by atoms with Gasteiger partial charge in [0.1, 0.15) is 0 Å². The molecule has 0 bridgehead atoms. The first-order chi connectivity index (χ1) is 9.15. The highest BCUT2D eigenvalue weighted by Crippen LogP contribution is 2.28. The summed E-state index contributed by atoms with van der Waals surface area (Å²) in [5.74, 6) is 0. The van der Waals surface area contributed by atoms with Crippen LogP contribution in [0.25, 0.3) is 0 Å². The molecule has 0 saturated carbocycles. The molecule has 1 atom stereocenters. The van der Waals surface area contributed by atoms with E-state index in [1.54, 1.807) is 6.07 Å². The molecule has 2 rings (SSSR count). The molecule has 0 spiro atoms. The monoisotopic (exact) mass is 282 g/mol. The third kappa shape index (κ3) is 2.98. The molecule has 1 fully saturated rings. The third-order valence-corrected chi connectivity index (χ3v) is 3.51. The number of hydrogen-bond donors (Lipinski definition) is 1. The van der Waals surface area contributed by atoms with Crippen molar-refractivity contribution >= 4 is 29.7 Å². The molecule has 102 valence electrons. The fourth-order valence-electron chi connectivity index (χ4n) is 2.24. The number of alkyl carbamates (subject to hydrolysis) is 1. The number of nitrogens with one attached hydrogen (secondary N) is 1. The molecular weight excluding hydrogens is 268 g/mol. The Morgan fingerprint density at radius 3 is 3.05 bits per heavy atom. The van der Waals surface area contributed by atoms with E-state index in [0.29, 0.717) is 17.1 Å². The number of methoxy groups -OCH3 is 1. The fraction of sp³-hybridized carbons (Fsp3) is 0.385. The highest BCUT2D eigenvalue weighted by molar-refractivity contribution is 6.33. The van der Waals surface area contributed by atoms with Crippen LogP contribution in [0.3, 0.4) is 0 Å². The smallest absolute Gasteiger partial charge is 0.407 e. The summed E-state index contributed by atoms with van der Waals surface area (Å²) in [6.07, 6.45) is 1.13. The highest BCUT2D eigenvalue weighted by Gasteiger charge is 2.26. The third-order valence-electron chi connectivity index (χ3n) is 3.18. The molecule has 0 aromatic heterocycles. The molecule has 19 heavy (non-hydrogen) atoms. The van der Waals surface area contributed by atoms with Crippen molar-refractivity contribution in [2.24, 2.45) is 0 Å². The molecule has 1 unspecified atom stereocenters. The van der Waals surface area contributed by atoms with E-state index in [1.165, 1.54) is 7.11 Å². The zero-order valence-electron chi connectivity index (χ0n) is 10.6. The maximum atomic E-state index is 11.2. The Balaban J connectivity index is 2.11. The van der Waals surface area contributed by atoms with Crippen LogP contribution in [-0.2, 0) is 4.74 Å². The standard InChI is InChI=1S/C13H15ClN2O3/c1-19-13(18)15-9-5-6-16(7-9)12-4-2-3-11(14)10(12)8-17/h2-4,8-9H,5-7H2,1H3,(H,15,18). The number of halogens is 1. The molecule has 6 heteroatoms. The number of hydrogen-bond acceptors (Lipinski definition) is 4. The van der Waals surface area contributed by atoms with Crippen LogP contribution in [0, 0.1) is 0 Å². The van der Waals surface area contributed by atoms with Crippen molar-refractivity contribution in [1.82, 2.24) is 5.32 Å². The van der Waals surface area contributed by atoms with Gasteiger partial charge in [0.15, 0.2) is 6.29 Å². The lowest BCUT2D eigenvalue weighted by Gasteiger charge is -2.21. The Kier molecular flexibility index (Phi) is 4.27. The van der Waals surface area contributed by atoms with Crippen molar-refractivity contribution < 1.29 is 14.3 Å². The fourth-order valence-corrected chi connectivity index (χ4v) is 2.45. The zero-order chi connectivity index (χ0) is 13.8. The quantitative estimate of drug-likeness (QED) is 0.863. The number of carbonyl (C=O) groups is 2. The van der Waals surface area contributed by atoms with Crippen LogP contribution in [0.1, 0.15) is 16.8 Å². The minimum atomic E-state index is -0.437. The molecule has 1 aliphatic heterocycles. The van der Waals surface area contributed by atoms with Crippen LogP contribution in [0.5, 0.6) is 0 Å². The van der Waals surface area contributed by atoms with E-state index in [2.05, 4.69) is 10.1 Å². The van der Waals surface area contributed by atoms with Crippen LogP contribution < -0.4 is 10.2 Å². The van der Waals surface area contributed by atoms with Crippen LogP contribution in [-0.4, -0.2) is 38.6 Å². The van der Waals surface area contributed by atoms with Gasteiger partial charge in [0.25, 0.3) is 0 Å². The van der Waals surface area contributed by atoms with E-state index in [0.717, 1.165) is 24.9 Å². The largest absolute Gasteiger partial charge is 0.453 e. The van der Waals surface area contributed by atoms with E-state index in [4.69, 9.17) is 11.6 Å². The van der Waals surface area contributed by atoms with Gasteiger partial charge in [-0.25, -0.2) is 4.79 Å². The SMILES string of the molecule is COC(=O)NC1CCN(c2cccc(Cl)c2C=O)C1. The number of amides is 1. The van der Waals surface area contributed by atoms with E-state index in [-0.39, 0.29) is 6.04 Å². The summed E-state index contributed by atoms with van der Waals surface area (Å²) in [6.45, 7) is 1.39. The van der Waals surface area contributed by atoms with Crippen LogP contribution in [0.15, 0.2) is 18.2 Å². The molecule has 1 N–H and O–H groups in total. The van der Waals surface area contributed by atoms with Crippen LogP contribution in [0.4, 0.5) is 10.5 Å². The van der Waals surface area contributed by atoms with Gasteiger partial charge in [0.05, 0.1) is 23.7 Å². The summed E-state index contributed by atoms with van der Waals surface area (Å²) >= 11 is 6.00. The van der Waals surface area contributed by atoms with Gasteiger partial charge in [-0.2, -0.15) is 0 Å². The van der Waals surface area contributed by atoms with Gasteiger partial charge in [-0.05, 0) is 18.6 Å². The van der Waals surface area contributed by atoms with Gasteiger partial charge in [-0.15, -0.1) is 0 Å². The average Bonchev–Trinajstić information content (AvgIpc) is 2.86. The lowest BCUT2D eigenvalue weighted by Crippen LogP contribution is -2.37. The minimum absolute atomic E-state index is 0.0194. The summed E-state index contributed by atoms with van der Waals surface area (Å²) in [6, 6.07) is 5.38. The van der Waals surface area contributed by atoms with Gasteiger partial charge in [0, 0.05) is 18.8 Å². The number of carbonyl (C=O) groups excluding carboxylic acids is 2. The van der Waals surface area contributed by atoms with E-state index < -0.39 is 6.09 Å². The van der Waals surface area contributed by atoms with Crippen LogP contribution in [0.2, 0.25) is 5.02 Å². The topological polar surface area (TPSA) is 58.6 Å². The molecule has 1 heterocycles. The lowest BCUT2D eigenvalue weighted by atomic mass is 10.2. The summed E-state index contributed by atoms with van der Waals surface area (Å²) in [5, 5.41) is 3.20. The summed E-state index contributed by atoms with van der Waals surface area (Å²) in [5.41, 5.74) is 1.29. The summed E-state index contributed by atoms with van der Waals surface area (Å²) in [4.78, 5) is 24.3. The Bertz CT molecular complexity index is 493. The number of nitrogens with zero attached hydrogens (tertiary/aromatic N) is 1. The van der Waals surface area contributed by atoms with Crippen molar-refractivity contribution in [3.8, 4) is 0 Å². The van der Waals surface area contributed by atoms with Gasteiger partial charge in [-0.3, -0.25) is 4.79 Å². The predicted molar refractivity (Wildman–Crippen MR) is 73.0 cm³/mol. The molecular formula is C13H15ClN2O3. The molecule has 1 aromatic carbocycles. The molecule has 1 aliphatic rings. The summed E-state index contributed by atoms with van der Waals surface area (Å²) in [7, 11) is 1.34. The maximum Gasteiger partial charge on any atom is 0.407 e. The predicted octanol–water partition coefficient (Wildman–Crippen LogP) is 2.09. The molecule has 1 saturated heterocycles. The van der Waals surface area contributed by atoms with Crippen molar-refractivity contribution in [2.75, 3.05) is 25.1 Å². The van der Waals surface area contributed by atoms with Crippen LogP contribution >= 0.6 is 11.6 Å². The molecule has 0 aliphatic carbocycles. The second kappa shape index (κ2) is 5.93. The first-order valence-electron chi connectivity index (χ1n) is 5.99. The van der Waals surface area contributed by atoms with Gasteiger partial charge < -0.3 is 15.0 Å². The maximum absolute atomic E-state index is 11.2. The number of ether oxygens (including phenoxy) is 1. The Morgan fingerprint density at radius 2 is 2.37 bits per heavy atom. The molecule has 1 amide bonds. The van der Waals surface area contributed by atoms with E-state index in [9.17, 15) is 9.59 Å². The second-order valence-electron chi connectivity index (χ2n) is 4.36. The molecule has 1 aromatic rings. The molecule has 5 nitrogen and oxygen atoms in total. The first kappa shape index (κ1) is 13.7. The first-order valence-corrected chi connectivity index (χ1v) is 6.36.